The van der Waals surface area contributed by atoms with E-state index in [1.54, 1.807) is 6.20 Å². The van der Waals surface area contributed by atoms with Crippen molar-refractivity contribution in [2.24, 2.45) is 0 Å². The van der Waals surface area contributed by atoms with Crippen molar-refractivity contribution < 1.29 is 18.0 Å². The summed E-state index contributed by atoms with van der Waals surface area (Å²) in [5.74, 6) is 0.629. The Kier molecular flexibility index (Phi) is 5.18. The van der Waals surface area contributed by atoms with E-state index in [1.807, 2.05) is 19.9 Å². The van der Waals surface area contributed by atoms with Crippen LogP contribution in [0.25, 0.3) is 21.9 Å². The molecule has 0 spiro atoms. The van der Waals surface area contributed by atoms with Crippen LogP contribution in [0.3, 0.4) is 0 Å². The van der Waals surface area contributed by atoms with Gasteiger partial charge in [-0.15, -0.1) is 0 Å². The highest BCUT2D eigenvalue weighted by molar-refractivity contribution is 7.88. The molecular formula is C19H25N5O4S. The molecule has 0 unspecified atom stereocenters. The molecule has 1 fully saturated rings. The molecule has 1 aliphatic heterocycles. The highest BCUT2D eigenvalue weighted by Gasteiger charge is 2.25. The van der Waals surface area contributed by atoms with E-state index >= 15 is 0 Å². The zero-order valence-corrected chi connectivity index (χ0v) is 17.5. The van der Waals surface area contributed by atoms with Crippen LogP contribution in [0.4, 0.5) is 5.95 Å². The van der Waals surface area contributed by atoms with E-state index < -0.39 is 10.0 Å². The molecule has 10 heteroatoms. The summed E-state index contributed by atoms with van der Waals surface area (Å²) in [6.07, 6.45) is 4.35. The Morgan fingerprint density at radius 1 is 1.34 bits per heavy atom. The van der Waals surface area contributed by atoms with Gasteiger partial charge in [0, 0.05) is 36.3 Å². The maximum atomic E-state index is 11.7. The molecule has 0 radical (unpaired) electrons. The summed E-state index contributed by atoms with van der Waals surface area (Å²) in [6, 6.07) is 1.92. The molecule has 0 atom stereocenters. The molecule has 156 valence electrons. The number of nitrogens with zero attached hydrogens (tertiary/aromatic N) is 4. The van der Waals surface area contributed by atoms with Crippen LogP contribution in [-0.4, -0.2) is 58.3 Å². The number of piperidine rings is 1. The van der Waals surface area contributed by atoms with E-state index in [-0.39, 0.29) is 18.6 Å². The van der Waals surface area contributed by atoms with Gasteiger partial charge in [-0.3, -0.25) is 0 Å². The van der Waals surface area contributed by atoms with Gasteiger partial charge in [0.05, 0.1) is 29.5 Å². The molecule has 0 aliphatic carbocycles. The molecule has 3 aromatic rings. The van der Waals surface area contributed by atoms with Crippen LogP contribution in [0.15, 0.2) is 16.8 Å². The third-order valence-electron chi connectivity index (χ3n) is 5.37. The van der Waals surface area contributed by atoms with Crippen molar-refractivity contribution in [3.05, 3.63) is 23.5 Å². The van der Waals surface area contributed by atoms with Crippen molar-refractivity contribution in [2.75, 3.05) is 24.7 Å². The summed E-state index contributed by atoms with van der Waals surface area (Å²) in [6.45, 7) is 4.88. The van der Waals surface area contributed by atoms with Gasteiger partial charge < -0.3 is 14.9 Å². The SMILES string of the molecule is CC(C)c1noc2c(CO)cc3cnc(NC4CCN(S(C)(=O)=O)CC4)nc3c12. The van der Waals surface area contributed by atoms with E-state index in [0.717, 1.165) is 22.0 Å². The van der Waals surface area contributed by atoms with Gasteiger partial charge in [0.1, 0.15) is 0 Å². The molecule has 0 amide bonds. The van der Waals surface area contributed by atoms with Crippen LogP contribution in [0.5, 0.6) is 0 Å². The second-order valence-corrected chi connectivity index (χ2v) is 9.81. The smallest absolute Gasteiger partial charge is 0.223 e. The first kappa shape index (κ1) is 20.0. The number of anilines is 1. The number of hydrogen-bond acceptors (Lipinski definition) is 8. The lowest BCUT2D eigenvalue weighted by molar-refractivity contribution is 0.280. The molecule has 4 rings (SSSR count). The molecule has 1 aliphatic rings. The summed E-state index contributed by atoms with van der Waals surface area (Å²) < 4.78 is 30.4. The second kappa shape index (κ2) is 7.51. The summed E-state index contributed by atoms with van der Waals surface area (Å²) in [5, 5.41) is 18.9. The van der Waals surface area contributed by atoms with Gasteiger partial charge in [0.15, 0.2) is 5.58 Å². The first-order chi connectivity index (χ1) is 13.8. The Labute approximate surface area is 169 Å². The minimum atomic E-state index is -3.15. The van der Waals surface area contributed by atoms with Gasteiger partial charge in [-0.25, -0.2) is 22.7 Å². The van der Waals surface area contributed by atoms with Crippen molar-refractivity contribution in [2.45, 2.75) is 45.3 Å². The average Bonchev–Trinajstić information content (AvgIpc) is 3.13. The number of sulfonamides is 1. The van der Waals surface area contributed by atoms with Crippen LogP contribution >= 0.6 is 0 Å². The average molecular weight is 420 g/mol. The molecule has 2 N–H and O–H groups in total. The molecule has 1 saturated heterocycles. The van der Waals surface area contributed by atoms with Gasteiger partial charge in [0.25, 0.3) is 0 Å². The fourth-order valence-electron chi connectivity index (χ4n) is 3.80. The number of aromatic nitrogens is 3. The van der Waals surface area contributed by atoms with Crippen molar-refractivity contribution in [3.63, 3.8) is 0 Å². The number of aliphatic hydroxyl groups is 1. The maximum absolute atomic E-state index is 11.7. The van der Waals surface area contributed by atoms with Crippen molar-refractivity contribution in [1.82, 2.24) is 19.4 Å². The normalized spacial score (nSPS) is 16.9. The first-order valence-electron chi connectivity index (χ1n) is 9.68. The number of benzene rings is 1. The zero-order chi connectivity index (χ0) is 20.8. The summed E-state index contributed by atoms with van der Waals surface area (Å²) in [5.41, 5.74) is 2.73. The Morgan fingerprint density at radius 2 is 2.07 bits per heavy atom. The number of rotatable bonds is 5. The van der Waals surface area contributed by atoms with Gasteiger partial charge in [-0.1, -0.05) is 19.0 Å². The van der Waals surface area contributed by atoms with Crippen LogP contribution in [0.2, 0.25) is 0 Å². The van der Waals surface area contributed by atoms with E-state index in [0.29, 0.717) is 43.0 Å². The molecule has 3 heterocycles. The predicted octanol–water partition coefficient (Wildman–Crippen LogP) is 2.22. The largest absolute Gasteiger partial charge is 0.392 e. The number of hydrogen-bond donors (Lipinski definition) is 2. The standard InChI is InChI=1S/C19H25N5O4S/c1-11(2)16-15-17-12(8-13(10-25)18(15)28-23-16)9-20-19(22-17)21-14-4-6-24(7-5-14)29(3,26)27/h8-9,11,14,25H,4-7,10H2,1-3H3,(H,20,21,22). The van der Waals surface area contributed by atoms with Gasteiger partial charge in [0.2, 0.25) is 16.0 Å². The predicted molar refractivity (Wildman–Crippen MR) is 110 cm³/mol. The lowest BCUT2D eigenvalue weighted by Gasteiger charge is -2.30. The fraction of sp³-hybridized carbons (Fsp3) is 0.526. The lowest BCUT2D eigenvalue weighted by Crippen LogP contribution is -2.42. The Hall–Kier alpha value is -2.30. The van der Waals surface area contributed by atoms with Crippen LogP contribution < -0.4 is 5.32 Å². The molecule has 0 saturated carbocycles. The molecule has 0 bridgehead atoms. The summed E-state index contributed by atoms with van der Waals surface area (Å²) in [7, 11) is -3.15. The van der Waals surface area contributed by atoms with E-state index in [4.69, 9.17) is 9.51 Å². The third-order valence-corrected chi connectivity index (χ3v) is 6.67. The summed E-state index contributed by atoms with van der Waals surface area (Å²) in [4.78, 5) is 9.14. The van der Waals surface area contributed by atoms with Crippen LogP contribution in [0.1, 0.15) is 43.9 Å². The van der Waals surface area contributed by atoms with Gasteiger partial charge in [-0.2, -0.15) is 0 Å². The molecule has 1 aromatic carbocycles. The minimum Gasteiger partial charge on any atom is -0.392 e. The monoisotopic (exact) mass is 419 g/mol. The first-order valence-corrected chi connectivity index (χ1v) is 11.5. The number of nitrogens with one attached hydrogen (secondary N) is 1. The Morgan fingerprint density at radius 3 is 2.69 bits per heavy atom. The minimum absolute atomic E-state index is 0.102. The maximum Gasteiger partial charge on any atom is 0.223 e. The van der Waals surface area contributed by atoms with E-state index in [9.17, 15) is 13.5 Å². The van der Waals surface area contributed by atoms with Crippen molar-refractivity contribution >= 4 is 37.8 Å². The van der Waals surface area contributed by atoms with Gasteiger partial charge >= 0.3 is 0 Å². The highest BCUT2D eigenvalue weighted by atomic mass is 32.2. The van der Waals surface area contributed by atoms with Crippen molar-refractivity contribution in [3.8, 4) is 0 Å². The van der Waals surface area contributed by atoms with Crippen molar-refractivity contribution in [1.29, 1.82) is 0 Å². The van der Waals surface area contributed by atoms with E-state index in [2.05, 4.69) is 15.5 Å². The van der Waals surface area contributed by atoms with Gasteiger partial charge in [-0.05, 0) is 24.8 Å². The summed E-state index contributed by atoms with van der Waals surface area (Å²) >= 11 is 0. The zero-order valence-electron chi connectivity index (χ0n) is 16.7. The topological polar surface area (TPSA) is 121 Å². The lowest BCUT2D eigenvalue weighted by atomic mass is 10.0. The van der Waals surface area contributed by atoms with E-state index in [1.165, 1.54) is 10.6 Å². The molecule has 29 heavy (non-hydrogen) atoms. The molecule has 9 nitrogen and oxygen atoms in total. The molecular weight excluding hydrogens is 394 g/mol. The number of fused-ring (bicyclic) bond motifs is 3. The van der Waals surface area contributed by atoms with Crippen LogP contribution in [-0.2, 0) is 16.6 Å². The molecule has 2 aromatic heterocycles. The Bertz CT molecular complexity index is 1150. The quantitative estimate of drug-likeness (QED) is 0.646. The number of aliphatic hydroxyl groups excluding tert-OH is 1. The highest BCUT2D eigenvalue weighted by Crippen LogP contribution is 2.34. The second-order valence-electron chi connectivity index (χ2n) is 7.83. The Balaban J connectivity index is 1.67. The fourth-order valence-corrected chi connectivity index (χ4v) is 4.67. The third kappa shape index (κ3) is 3.79. The van der Waals surface area contributed by atoms with Crippen LogP contribution in [0, 0.1) is 0 Å².